The van der Waals surface area contributed by atoms with E-state index in [4.69, 9.17) is 9.47 Å². The number of rotatable bonds is 8. The molecular weight excluding hydrogens is 328 g/mol. The number of hydrogen-bond acceptors (Lipinski definition) is 3. The van der Waals surface area contributed by atoms with Gasteiger partial charge in [0, 0.05) is 6.54 Å². The average molecular weight is 356 g/mol. The topological polar surface area (TPSA) is 59.6 Å². The number of urea groups is 1. The van der Waals surface area contributed by atoms with Crippen LogP contribution >= 0.6 is 0 Å². The summed E-state index contributed by atoms with van der Waals surface area (Å²) < 4.78 is 10.5. The number of aryl methyl sites for hydroxylation is 1. The first kappa shape index (κ1) is 19.6. The van der Waals surface area contributed by atoms with Gasteiger partial charge in [-0.1, -0.05) is 37.3 Å². The molecule has 5 heteroatoms. The van der Waals surface area contributed by atoms with Crippen molar-refractivity contribution < 1.29 is 14.3 Å². The molecule has 2 aromatic carbocycles. The third kappa shape index (κ3) is 5.41. The molecule has 140 valence electrons. The monoisotopic (exact) mass is 356 g/mol. The highest BCUT2D eigenvalue weighted by atomic mass is 16.5. The Morgan fingerprint density at radius 3 is 2.27 bits per heavy atom. The fourth-order valence-corrected chi connectivity index (χ4v) is 2.73. The van der Waals surface area contributed by atoms with Crippen molar-refractivity contribution in [1.29, 1.82) is 0 Å². The molecule has 0 aliphatic heterocycles. The van der Waals surface area contributed by atoms with E-state index in [9.17, 15) is 4.79 Å². The Bertz CT molecular complexity index is 714. The van der Waals surface area contributed by atoms with Crippen molar-refractivity contribution in [3.63, 3.8) is 0 Å². The van der Waals surface area contributed by atoms with Gasteiger partial charge < -0.3 is 20.1 Å². The summed E-state index contributed by atoms with van der Waals surface area (Å²) in [6.45, 7) is 4.65. The Labute approximate surface area is 155 Å². The summed E-state index contributed by atoms with van der Waals surface area (Å²) >= 11 is 0. The van der Waals surface area contributed by atoms with Crippen molar-refractivity contribution in [3.05, 3.63) is 59.2 Å². The maximum atomic E-state index is 12.1. The summed E-state index contributed by atoms with van der Waals surface area (Å²) in [5, 5.41) is 5.86. The third-order valence-electron chi connectivity index (χ3n) is 4.38. The molecule has 0 aliphatic rings. The van der Waals surface area contributed by atoms with Crippen LogP contribution in [-0.2, 0) is 12.8 Å². The Hall–Kier alpha value is -2.69. The van der Waals surface area contributed by atoms with Crippen LogP contribution in [0, 0.1) is 0 Å². The van der Waals surface area contributed by atoms with Gasteiger partial charge in [-0.05, 0) is 48.6 Å². The number of carbonyl (C=O) groups excluding carboxylic acids is 1. The van der Waals surface area contributed by atoms with Crippen molar-refractivity contribution in [2.75, 3.05) is 20.8 Å². The summed E-state index contributed by atoms with van der Waals surface area (Å²) in [7, 11) is 3.22. The fourth-order valence-electron chi connectivity index (χ4n) is 2.73. The van der Waals surface area contributed by atoms with E-state index in [1.54, 1.807) is 14.2 Å². The van der Waals surface area contributed by atoms with Gasteiger partial charge in [-0.15, -0.1) is 0 Å². The van der Waals surface area contributed by atoms with Gasteiger partial charge >= 0.3 is 6.03 Å². The Kier molecular flexibility index (Phi) is 7.33. The SMILES string of the molecule is CCc1ccc(C(C)NC(=O)NCCc2ccc(OC)c(OC)c2)cc1. The minimum atomic E-state index is -0.169. The Morgan fingerprint density at radius 2 is 1.65 bits per heavy atom. The quantitative estimate of drug-likeness (QED) is 0.755. The van der Waals surface area contributed by atoms with Crippen LogP contribution in [0.1, 0.15) is 36.6 Å². The minimum Gasteiger partial charge on any atom is -0.493 e. The molecule has 0 radical (unpaired) electrons. The lowest BCUT2D eigenvalue weighted by atomic mass is 10.1. The highest BCUT2D eigenvalue weighted by molar-refractivity contribution is 5.74. The van der Waals surface area contributed by atoms with E-state index in [0.717, 1.165) is 17.5 Å². The summed E-state index contributed by atoms with van der Waals surface area (Å²) in [4.78, 5) is 12.1. The molecule has 2 rings (SSSR count). The normalized spacial score (nSPS) is 11.5. The maximum absolute atomic E-state index is 12.1. The second-order valence-corrected chi connectivity index (χ2v) is 6.16. The molecule has 1 unspecified atom stereocenters. The second kappa shape index (κ2) is 9.70. The van der Waals surface area contributed by atoms with Gasteiger partial charge in [0.25, 0.3) is 0 Å². The van der Waals surface area contributed by atoms with Gasteiger partial charge in [0.05, 0.1) is 20.3 Å². The van der Waals surface area contributed by atoms with E-state index in [2.05, 4.69) is 41.8 Å². The highest BCUT2D eigenvalue weighted by Crippen LogP contribution is 2.27. The number of methoxy groups -OCH3 is 2. The molecule has 0 saturated heterocycles. The molecule has 1 atom stereocenters. The van der Waals surface area contributed by atoms with E-state index < -0.39 is 0 Å². The number of hydrogen-bond donors (Lipinski definition) is 2. The standard InChI is InChI=1S/C21H28N2O3/c1-5-16-6-9-18(10-7-16)15(2)23-21(24)22-13-12-17-8-11-19(25-3)20(14-17)26-4/h6-11,14-15H,5,12-13H2,1-4H3,(H2,22,23,24). The zero-order valence-electron chi connectivity index (χ0n) is 16.0. The molecule has 0 saturated carbocycles. The first-order valence-corrected chi connectivity index (χ1v) is 8.91. The first-order chi connectivity index (χ1) is 12.6. The molecule has 0 aliphatic carbocycles. The molecule has 5 nitrogen and oxygen atoms in total. The van der Waals surface area contributed by atoms with Crippen molar-refractivity contribution >= 4 is 6.03 Å². The van der Waals surface area contributed by atoms with Crippen molar-refractivity contribution in [2.24, 2.45) is 0 Å². The van der Waals surface area contributed by atoms with E-state index in [-0.39, 0.29) is 12.1 Å². The maximum Gasteiger partial charge on any atom is 0.315 e. The molecule has 26 heavy (non-hydrogen) atoms. The molecule has 0 aromatic heterocycles. The first-order valence-electron chi connectivity index (χ1n) is 8.91. The molecule has 0 fully saturated rings. The van der Waals surface area contributed by atoms with Crippen LogP contribution in [-0.4, -0.2) is 26.8 Å². The van der Waals surface area contributed by atoms with Crippen LogP contribution in [0.15, 0.2) is 42.5 Å². The highest BCUT2D eigenvalue weighted by Gasteiger charge is 2.09. The van der Waals surface area contributed by atoms with Crippen LogP contribution in [0.2, 0.25) is 0 Å². The van der Waals surface area contributed by atoms with Crippen molar-refractivity contribution in [3.8, 4) is 11.5 Å². The average Bonchev–Trinajstić information content (AvgIpc) is 2.67. The largest absolute Gasteiger partial charge is 0.493 e. The predicted molar refractivity (Wildman–Crippen MR) is 104 cm³/mol. The Morgan fingerprint density at radius 1 is 1.00 bits per heavy atom. The lowest BCUT2D eigenvalue weighted by molar-refractivity contribution is 0.238. The van der Waals surface area contributed by atoms with Gasteiger partial charge in [0.2, 0.25) is 0 Å². The Balaban J connectivity index is 1.81. The molecule has 0 spiro atoms. The number of benzene rings is 2. The van der Waals surface area contributed by atoms with E-state index in [1.165, 1.54) is 5.56 Å². The lowest BCUT2D eigenvalue weighted by Crippen LogP contribution is -2.38. The van der Waals surface area contributed by atoms with Gasteiger partial charge in [-0.2, -0.15) is 0 Å². The molecule has 2 N–H and O–H groups in total. The van der Waals surface area contributed by atoms with Gasteiger partial charge in [0.1, 0.15) is 0 Å². The molecular formula is C21H28N2O3. The van der Waals surface area contributed by atoms with Gasteiger partial charge in [-0.25, -0.2) is 4.79 Å². The summed E-state index contributed by atoms with van der Waals surface area (Å²) in [5.74, 6) is 1.39. The second-order valence-electron chi connectivity index (χ2n) is 6.16. The van der Waals surface area contributed by atoms with Gasteiger partial charge in [-0.3, -0.25) is 0 Å². The molecule has 0 heterocycles. The van der Waals surface area contributed by atoms with E-state index >= 15 is 0 Å². The van der Waals surface area contributed by atoms with Gasteiger partial charge in [0.15, 0.2) is 11.5 Å². The summed E-state index contributed by atoms with van der Waals surface area (Å²) in [5.41, 5.74) is 3.46. The summed E-state index contributed by atoms with van der Waals surface area (Å²) in [6.07, 6.45) is 1.73. The van der Waals surface area contributed by atoms with Crippen molar-refractivity contribution in [1.82, 2.24) is 10.6 Å². The van der Waals surface area contributed by atoms with E-state index in [0.29, 0.717) is 24.5 Å². The number of nitrogens with one attached hydrogen (secondary N) is 2. The van der Waals surface area contributed by atoms with E-state index in [1.807, 2.05) is 25.1 Å². The molecule has 2 amide bonds. The molecule has 2 aromatic rings. The number of amides is 2. The third-order valence-corrected chi connectivity index (χ3v) is 4.38. The number of ether oxygens (including phenoxy) is 2. The predicted octanol–water partition coefficient (Wildman–Crippen LogP) is 3.87. The number of carbonyl (C=O) groups is 1. The zero-order chi connectivity index (χ0) is 18.9. The van der Waals surface area contributed by atoms with Crippen molar-refractivity contribution in [2.45, 2.75) is 32.7 Å². The van der Waals surface area contributed by atoms with Crippen LogP contribution in [0.5, 0.6) is 11.5 Å². The zero-order valence-corrected chi connectivity index (χ0v) is 16.0. The fraction of sp³-hybridized carbons (Fsp3) is 0.381. The van der Waals surface area contributed by atoms with Crippen LogP contribution in [0.4, 0.5) is 4.79 Å². The van der Waals surface area contributed by atoms with Crippen LogP contribution in [0.25, 0.3) is 0 Å². The smallest absolute Gasteiger partial charge is 0.315 e. The summed E-state index contributed by atoms with van der Waals surface area (Å²) in [6, 6.07) is 13.9. The minimum absolute atomic E-state index is 0.0398. The molecule has 0 bridgehead atoms. The van der Waals surface area contributed by atoms with Crippen LogP contribution in [0.3, 0.4) is 0 Å². The van der Waals surface area contributed by atoms with Crippen LogP contribution < -0.4 is 20.1 Å². The lowest BCUT2D eigenvalue weighted by Gasteiger charge is -2.16.